The number of ether oxygens (including phenoxy) is 1. The van der Waals surface area contributed by atoms with Gasteiger partial charge in [0.05, 0.1) is 17.7 Å². The standard InChI is InChI=1S/C14H16N2O3/c1-14(4-6-19-10-14)16-13(18)12-7-11(3-2-5-17)8-15-9-12/h7-9,17H,4-6,10H2,1H3,(H,16,18). The highest BCUT2D eigenvalue weighted by atomic mass is 16.5. The van der Waals surface area contributed by atoms with Gasteiger partial charge >= 0.3 is 0 Å². The van der Waals surface area contributed by atoms with Crippen molar-refractivity contribution in [2.45, 2.75) is 18.9 Å². The van der Waals surface area contributed by atoms with Crippen molar-refractivity contribution in [2.24, 2.45) is 0 Å². The Kier molecular flexibility index (Phi) is 4.15. The largest absolute Gasteiger partial charge is 0.384 e. The van der Waals surface area contributed by atoms with Gasteiger partial charge in [0, 0.05) is 24.6 Å². The Hall–Kier alpha value is -1.90. The lowest BCUT2D eigenvalue weighted by molar-refractivity contribution is 0.0889. The summed E-state index contributed by atoms with van der Waals surface area (Å²) >= 11 is 0. The van der Waals surface area contributed by atoms with Crippen molar-refractivity contribution >= 4 is 5.91 Å². The Balaban J connectivity index is 2.10. The zero-order valence-corrected chi connectivity index (χ0v) is 10.8. The molecular weight excluding hydrogens is 244 g/mol. The molecule has 1 aromatic rings. The summed E-state index contributed by atoms with van der Waals surface area (Å²) in [5.74, 6) is 5.06. The summed E-state index contributed by atoms with van der Waals surface area (Å²) in [4.78, 5) is 16.1. The van der Waals surface area contributed by atoms with Crippen molar-refractivity contribution in [1.29, 1.82) is 0 Å². The second-order valence-corrected chi connectivity index (χ2v) is 4.74. The monoisotopic (exact) mass is 260 g/mol. The van der Waals surface area contributed by atoms with Crippen LogP contribution in [-0.2, 0) is 4.74 Å². The van der Waals surface area contributed by atoms with E-state index >= 15 is 0 Å². The predicted octanol–water partition coefficient (Wildman–Crippen LogP) is 0.334. The molecule has 0 saturated carbocycles. The lowest BCUT2D eigenvalue weighted by atomic mass is 10.0. The minimum atomic E-state index is -0.316. The molecule has 0 spiro atoms. The lowest BCUT2D eigenvalue weighted by Crippen LogP contribution is -2.46. The summed E-state index contributed by atoms with van der Waals surface area (Å²) in [7, 11) is 0. The number of nitrogens with zero attached hydrogens (tertiary/aromatic N) is 1. The van der Waals surface area contributed by atoms with Gasteiger partial charge in [0.15, 0.2) is 0 Å². The third kappa shape index (κ3) is 3.53. The maximum atomic E-state index is 12.1. The second kappa shape index (κ2) is 5.83. The molecule has 1 atom stereocenters. The van der Waals surface area contributed by atoms with Crippen LogP contribution in [0.2, 0.25) is 0 Å². The Morgan fingerprint density at radius 2 is 2.47 bits per heavy atom. The first-order chi connectivity index (χ1) is 9.13. The summed E-state index contributed by atoms with van der Waals surface area (Å²) in [6.45, 7) is 2.93. The van der Waals surface area contributed by atoms with Gasteiger partial charge in [-0.05, 0) is 19.4 Å². The third-order valence-corrected chi connectivity index (χ3v) is 2.95. The molecule has 1 aliphatic heterocycles. The summed E-state index contributed by atoms with van der Waals surface area (Å²) in [5.41, 5.74) is 0.747. The van der Waals surface area contributed by atoms with E-state index in [0.717, 1.165) is 6.42 Å². The van der Waals surface area contributed by atoms with Crippen LogP contribution >= 0.6 is 0 Å². The van der Waals surface area contributed by atoms with Gasteiger partial charge in [-0.3, -0.25) is 9.78 Å². The molecule has 0 aliphatic carbocycles. The quantitative estimate of drug-likeness (QED) is 0.752. The van der Waals surface area contributed by atoms with Crippen LogP contribution < -0.4 is 5.32 Å². The summed E-state index contributed by atoms with van der Waals surface area (Å²) in [5, 5.41) is 11.6. The van der Waals surface area contributed by atoms with Gasteiger partial charge in [0.1, 0.15) is 6.61 Å². The minimum absolute atomic E-state index is 0.187. The van der Waals surface area contributed by atoms with Gasteiger partial charge in [0.2, 0.25) is 0 Å². The van der Waals surface area contributed by atoms with Gasteiger partial charge < -0.3 is 15.2 Å². The van der Waals surface area contributed by atoms with Crippen molar-refractivity contribution in [3.63, 3.8) is 0 Å². The van der Waals surface area contributed by atoms with E-state index < -0.39 is 0 Å². The zero-order valence-electron chi connectivity index (χ0n) is 10.8. The molecule has 0 radical (unpaired) electrons. The molecule has 5 nitrogen and oxygen atoms in total. The number of amides is 1. The molecule has 1 aromatic heterocycles. The van der Waals surface area contributed by atoms with E-state index in [-0.39, 0.29) is 18.1 Å². The first-order valence-corrected chi connectivity index (χ1v) is 6.08. The fourth-order valence-corrected chi connectivity index (χ4v) is 1.89. The Labute approximate surface area is 112 Å². The Morgan fingerprint density at radius 1 is 1.63 bits per heavy atom. The number of hydrogen-bond donors (Lipinski definition) is 2. The van der Waals surface area contributed by atoms with E-state index in [1.807, 2.05) is 6.92 Å². The van der Waals surface area contributed by atoms with Crippen molar-refractivity contribution in [2.75, 3.05) is 19.8 Å². The van der Waals surface area contributed by atoms with Crippen LogP contribution in [0.4, 0.5) is 0 Å². The highest BCUT2D eigenvalue weighted by molar-refractivity contribution is 5.94. The van der Waals surface area contributed by atoms with E-state index in [9.17, 15) is 4.79 Å². The average molecular weight is 260 g/mol. The minimum Gasteiger partial charge on any atom is -0.384 e. The van der Waals surface area contributed by atoms with Gasteiger partial charge in [-0.2, -0.15) is 0 Å². The molecule has 1 amide bonds. The molecule has 1 aliphatic rings. The van der Waals surface area contributed by atoms with Crippen molar-refractivity contribution in [3.05, 3.63) is 29.6 Å². The van der Waals surface area contributed by atoms with Crippen LogP contribution in [-0.4, -0.2) is 41.4 Å². The molecule has 0 bridgehead atoms. The van der Waals surface area contributed by atoms with Crippen LogP contribution in [0.15, 0.2) is 18.5 Å². The van der Waals surface area contributed by atoms with Gasteiger partial charge in [-0.25, -0.2) is 0 Å². The number of nitrogens with one attached hydrogen (secondary N) is 1. The Morgan fingerprint density at radius 3 is 3.16 bits per heavy atom. The highest BCUT2D eigenvalue weighted by Crippen LogP contribution is 2.18. The average Bonchev–Trinajstić information content (AvgIpc) is 2.83. The SMILES string of the molecule is CC1(NC(=O)c2cncc(C#CCO)c2)CCOC1. The topological polar surface area (TPSA) is 71.5 Å². The smallest absolute Gasteiger partial charge is 0.253 e. The van der Waals surface area contributed by atoms with Gasteiger partial charge in [-0.15, -0.1) is 0 Å². The van der Waals surface area contributed by atoms with Crippen LogP contribution in [0.3, 0.4) is 0 Å². The van der Waals surface area contributed by atoms with Crippen molar-refractivity contribution < 1.29 is 14.6 Å². The molecule has 2 N–H and O–H groups in total. The van der Waals surface area contributed by atoms with E-state index in [1.165, 1.54) is 6.20 Å². The number of carbonyl (C=O) groups is 1. The number of rotatable bonds is 2. The summed E-state index contributed by atoms with van der Waals surface area (Å²) in [6, 6.07) is 1.66. The van der Waals surface area contributed by atoms with Crippen molar-refractivity contribution in [3.8, 4) is 11.8 Å². The first-order valence-electron chi connectivity index (χ1n) is 6.08. The molecule has 1 unspecified atom stereocenters. The van der Waals surface area contributed by atoms with Crippen molar-refractivity contribution in [1.82, 2.24) is 10.3 Å². The number of aliphatic hydroxyl groups is 1. The van der Waals surface area contributed by atoms with E-state index in [4.69, 9.17) is 9.84 Å². The molecule has 2 heterocycles. The number of aliphatic hydroxyl groups excluding tert-OH is 1. The van der Waals surface area contributed by atoms with Crippen LogP contribution in [0.1, 0.15) is 29.3 Å². The second-order valence-electron chi connectivity index (χ2n) is 4.74. The molecule has 1 saturated heterocycles. The number of carbonyl (C=O) groups excluding carboxylic acids is 1. The molecule has 2 rings (SSSR count). The van der Waals surface area contributed by atoms with Crippen LogP contribution in [0, 0.1) is 11.8 Å². The summed E-state index contributed by atoms with van der Waals surface area (Å²) < 4.78 is 5.29. The van der Waals surface area contributed by atoms with E-state index in [2.05, 4.69) is 22.1 Å². The van der Waals surface area contributed by atoms with Crippen LogP contribution in [0.5, 0.6) is 0 Å². The van der Waals surface area contributed by atoms with Gasteiger partial charge in [-0.1, -0.05) is 11.8 Å². The summed E-state index contributed by atoms with van der Waals surface area (Å²) in [6.07, 6.45) is 3.86. The molecule has 5 heteroatoms. The lowest BCUT2D eigenvalue weighted by Gasteiger charge is -2.23. The molecule has 1 fully saturated rings. The van der Waals surface area contributed by atoms with Crippen LogP contribution in [0.25, 0.3) is 0 Å². The molecule has 0 aromatic carbocycles. The zero-order chi connectivity index (χ0) is 13.7. The molecular formula is C14H16N2O3. The molecule has 19 heavy (non-hydrogen) atoms. The Bertz CT molecular complexity index is 525. The number of pyridine rings is 1. The fourth-order valence-electron chi connectivity index (χ4n) is 1.89. The maximum absolute atomic E-state index is 12.1. The maximum Gasteiger partial charge on any atom is 0.253 e. The third-order valence-electron chi connectivity index (χ3n) is 2.95. The van der Waals surface area contributed by atoms with Gasteiger partial charge in [0.25, 0.3) is 5.91 Å². The highest BCUT2D eigenvalue weighted by Gasteiger charge is 2.31. The number of hydrogen-bond acceptors (Lipinski definition) is 4. The van der Waals surface area contributed by atoms with E-state index in [0.29, 0.717) is 24.3 Å². The first kappa shape index (κ1) is 13.5. The van der Waals surface area contributed by atoms with E-state index in [1.54, 1.807) is 12.3 Å². The molecule has 100 valence electrons. The normalized spacial score (nSPS) is 21.6. The predicted molar refractivity (Wildman–Crippen MR) is 69.5 cm³/mol. The number of aromatic nitrogens is 1. The fraction of sp³-hybridized carbons (Fsp3) is 0.429.